The van der Waals surface area contributed by atoms with E-state index in [-0.39, 0.29) is 5.91 Å². The van der Waals surface area contributed by atoms with Crippen molar-refractivity contribution in [2.45, 2.75) is 51.6 Å². The topological polar surface area (TPSA) is 50.4 Å². The molecule has 0 aliphatic carbocycles. The van der Waals surface area contributed by atoms with E-state index in [1.807, 2.05) is 31.2 Å². The van der Waals surface area contributed by atoms with Crippen LogP contribution in [0, 0.1) is 0 Å². The van der Waals surface area contributed by atoms with E-state index in [0.29, 0.717) is 25.1 Å². The van der Waals surface area contributed by atoms with Crippen LogP contribution in [0.3, 0.4) is 0 Å². The maximum Gasteiger partial charge on any atom is 0.220 e. The number of rotatable bonds is 6. The Bertz CT molecular complexity index is 445. The largest absolute Gasteiger partial charge is 0.494 e. The van der Waals surface area contributed by atoms with Crippen LogP contribution < -0.4 is 15.4 Å². The highest BCUT2D eigenvalue weighted by atomic mass is 16.5. The van der Waals surface area contributed by atoms with Crippen LogP contribution >= 0.6 is 0 Å². The molecule has 21 heavy (non-hydrogen) atoms. The number of hydrogen-bond acceptors (Lipinski definition) is 3. The van der Waals surface area contributed by atoms with Gasteiger partial charge < -0.3 is 15.4 Å². The van der Waals surface area contributed by atoms with Crippen molar-refractivity contribution in [3.8, 4) is 5.75 Å². The average Bonchev–Trinajstić information content (AvgIpc) is 2.47. The van der Waals surface area contributed by atoms with Gasteiger partial charge in [0.1, 0.15) is 5.75 Å². The third-order valence-corrected chi connectivity index (χ3v) is 3.86. The quantitative estimate of drug-likeness (QED) is 0.845. The van der Waals surface area contributed by atoms with E-state index in [4.69, 9.17) is 4.74 Å². The first-order valence-corrected chi connectivity index (χ1v) is 7.92. The SMILES string of the molecule is CCOc1ccc(CCC(=O)NC2CCNC(C)C2)cc1. The second kappa shape index (κ2) is 8.03. The number of ether oxygens (including phenoxy) is 1. The fourth-order valence-corrected chi connectivity index (χ4v) is 2.74. The van der Waals surface area contributed by atoms with Gasteiger partial charge >= 0.3 is 0 Å². The van der Waals surface area contributed by atoms with E-state index in [1.165, 1.54) is 5.56 Å². The molecule has 1 saturated heterocycles. The Morgan fingerprint density at radius 2 is 2.14 bits per heavy atom. The minimum atomic E-state index is 0.156. The fraction of sp³-hybridized carbons (Fsp3) is 0.588. The first-order chi connectivity index (χ1) is 10.2. The van der Waals surface area contributed by atoms with Crippen LogP contribution in [0.2, 0.25) is 0 Å². The van der Waals surface area contributed by atoms with Gasteiger partial charge in [0.25, 0.3) is 0 Å². The van der Waals surface area contributed by atoms with Gasteiger partial charge in [0.15, 0.2) is 0 Å². The lowest BCUT2D eigenvalue weighted by Gasteiger charge is -2.28. The summed E-state index contributed by atoms with van der Waals surface area (Å²) in [7, 11) is 0. The van der Waals surface area contributed by atoms with Crippen LogP contribution in [0.25, 0.3) is 0 Å². The van der Waals surface area contributed by atoms with Gasteiger partial charge in [-0.2, -0.15) is 0 Å². The molecular weight excluding hydrogens is 264 g/mol. The molecule has 0 spiro atoms. The molecule has 1 aromatic carbocycles. The second-order valence-corrected chi connectivity index (χ2v) is 5.72. The highest BCUT2D eigenvalue weighted by molar-refractivity contribution is 5.76. The molecule has 1 heterocycles. The minimum absolute atomic E-state index is 0.156. The molecule has 2 N–H and O–H groups in total. The van der Waals surface area contributed by atoms with Crippen LogP contribution in [0.5, 0.6) is 5.75 Å². The molecule has 2 unspecified atom stereocenters. The third kappa shape index (κ3) is 5.38. The van der Waals surface area contributed by atoms with E-state index in [1.54, 1.807) is 0 Å². The molecule has 1 aliphatic rings. The molecule has 1 aliphatic heterocycles. The molecule has 0 saturated carbocycles. The van der Waals surface area contributed by atoms with Crippen molar-refractivity contribution in [2.24, 2.45) is 0 Å². The summed E-state index contributed by atoms with van der Waals surface area (Å²) in [5.74, 6) is 1.04. The first kappa shape index (κ1) is 15.8. The van der Waals surface area contributed by atoms with Crippen molar-refractivity contribution in [3.05, 3.63) is 29.8 Å². The highest BCUT2D eigenvalue weighted by Gasteiger charge is 2.19. The smallest absolute Gasteiger partial charge is 0.220 e. The number of aryl methyl sites for hydroxylation is 1. The second-order valence-electron chi connectivity index (χ2n) is 5.72. The molecular formula is C17H26N2O2. The lowest BCUT2D eigenvalue weighted by atomic mass is 10.0. The Morgan fingerprint density at radius 1 is 1.38 bits per heavy atom. The summed E-state index contributed by atoms with van der Waals surface area (Å²) in [5.41, 5.74) is 1.17. The number of benzene rings is 1. The summed E-state index contributed by atoms with van der Waals surface area (Å²) < 4.78 is 5.41. The van der Waals surface area contributed by atoms with Crippen molar-refractivity contribution in [1.29, 1.82) is 0 Å². The molecule has 0 bridgehead atoms. The van der Waals surface area contributed by atoms with Crippen LogP contribution in [0.4, 0.5) is 0 Å². The van der Waals surface area contributed by atoms with E-state index in [9.17, 15) is 4.79 Å². The van der Waals surface area contributed by atoms with Gasteiger partial charge in [-0.25, -0.2) is 0 Å². The van der Waals surface area contributed by atoms with Gasteiger partial charge in [-0.05, 0) is 57.4 Å². The Balaban J connectivity index is 1.73. The fourth-order valence-electron chi connectivity index (χ4n) is 2.74. The predicted molar refractivity (Wildman–Crippen MR) is 84.6 cm³/mol. The number of carbonyl (C=O) groups excluding carboxylic acids is 1. The van der Waals surface area contributed by atoms with Crippen molar-refractivity contribution in [1.82, 2.24) is 10.6 Å². The molecule has 0 radical (unpaired) electrons. The molecule has 1 amide bonds. The van der Waals surface area contributed by atoms with Gasteiger partial charge in [-0.15, -0.1) is 0 Å². The number of carbonyl (C=O) groups is 1. The van der Waals surface area contributed by atoms with Crippen molar-refractivity contribution in [2.75, 3.05) is 13.2 Å². The van der Waals surface area contributed by atoms with Crippen LogP contribution in [-0.2, 0) is 11.2 Å². The van der Waals surface area contributed by atoms with Gasteiger partial charge in [-0.3, -0.25) is 4.79 Å². The summed E-state index contributed by atoms with van der Waals surface area (Å²) in [6.07, 6.45) is 3.37. The van der Waals surface area contributed by atoms with Crippen molar-refractivity contribution < 1.29 is 9.53 Å². The molecule has 1 aromatic rings. The predicted octanol–water partition coefficient (Wildman–Crippen LogP) is 2.27. The summed E-state index contributed by atoms with van der Waals surface area (Å²) in [6.45, 7) is 5.81. The number of piperidine rings is 1. The van der Waals surface area contributed by atoms with Gasteiger partial charge in [0, 0.05) is 18.5 Å². The first-order valence-electron chi connectivity index (χ1n) is 7.92. The Morgan fingerprint density at radius 3 is 2.81 bits per heavy atom. The monoisotopic (exact) mass is 290 g/mol. The molecule has 2 atom stereocenters. The summed E-state index contributed by atoms with van der Waals surface area (Å²) in [5, 5.41) is 6.54. The minimum Gasteiger partial charge on any atom is -0.494 e. The van der Waals surface area contributed by atoms with Gasteiger partial charge in [-0.1, -0.05) is 12.1 Å². The van der Waals surface area contributed by atoms with Crippen molar-refractivity contribution >= 4 is 5.91 Å². The van der Waals surface area contributed by atoms with Crippen LogP contribution in [-0.4, -0.2) is 31.1 Å². The molecule has 116 valence electrons. The Kier molecular flexibility index (Phi) is 6.05. The Labute approximate surface area is 127 Å². The lowest BCUT2D eigenvalue weighted by Crippen LogP contribution is -2.46. The molecule has 4 heteroatoms. The highest BCUT2D eigenvalue weighted by Crippen LogP contribution is 2.13. The lowest BCUT2D eigenvalue weighted by molar-refractivity contribution is -0.122. The summed E-state index contributed by atoms with van der Waals surface area (Å²) in [6, 6.07) is 8.82. The van der Waals surface area contributed by atoms with E-state index < -0.39 is 0 Å². The summed E-state index contributed by atoms with van der Waals surface area (Å²) >= 11 is 0. The van der Waals surface area contributed by atoms with Crippen molar-refractivity contribution in [3.63, 3.8) is 0 Å². The van der Waals surface area contributed by atoms with E-state index >= 15 is 0 Å². The third-order valence-electron chi connectivity index (χ3n) is 3.86. The maximum atomic E-state index is 12.0. The van der Waals surface area contributed by atoms with Gasteiger partial charge in [0.2, 0.25) is 5.91 Å². The van der Waals surface area contributed by atoms with Gasteiger partial charge in [0.05, 0.1) is 6.61 Å². The average molecular weight is 290 g/mol. The zero-order chi connectivity index (χ0) is 15.1. The Hall–Kier alpha value is -1.55. The van der Waals surface area contributed by atoms with E-state index in [0.717, 1.165) is 31.6 Å². The molecule has 0 aromatic heterocycles. The zero-order valence-corrected chi connectivity index (χ0v) is 13.0. The standard InChI is InChI=1S/C17H26N2O2/c1-3-21-16-7-4-14(5-8-16)6-9-17(20)19-15-10-11-18-13(2)12-15/h4-5,7-8,13,15,18H,3,6,9-12H2,1-2H3,(H,19,20). The normalized spacial score (nSPS) is 21.8. The number of nitrogens with one attached hydrogen (secondary N) is 2. The molecule has 2 rings (SSSR count). The van der Waals surface area contributed by atoms with E-state index in [2.05, 4.69) is 17.6 Å². The molecule has 4 nitrogen and oxygen atoms in total. The summed E-state index contributed by atoms with van der Waals surface area (Å²) in [4.78, 5) is 12.0. The zero-order valence-electron chi connectivity index (χ0n) is 13.0. The number of amides is 1. The molecule has 1 fully saturated rings. The number of hydrogen-bond donors (Lipinski definition) is 2. The maximum absolute atomic E-state index is 12.0. The van der Waals surface area contributed by atoms with Crippen LogP contribution in [0.15, 0.2) is 24.3 Å². The van der Waals surface area contributed by atoms with Crippen LogP contribution in [0.1, 0.15) is 38.7 Å².